The Labute approximate surface area is 118 Å². The van der Waals surface area contributed by atoms with Crippen molar-refractivity contribution in [3.8, 4) is 0 Å². The summed E-state index contributed by atoms with van der Waals surface area (Å²) in [7, 11) is -2.17. The van der Waals surface area contributed by atoms with Crippen LogP contribution in [-0.4, -0.2) is 14.2 Å². The average Bonchev–Trinajstić information content (AvgIpc) is 2.46. The number of hydrogen-bond acceptors (Lipinski definition) is 3. The number of hydrogen-bond donors (Lipinski definition) is 0. The molecular weight excluding hydrogens is 276 g/mol. The lowest BCUT2D eigenvalue weighted by Gasteiger charge is -2.04. The minimum absolute atomic E-state index is 0.389. The minimum atomic E-state index is -3.20. The summed E-state index contributed by atoms with van der Waals surface area (Å²) in [6, 6.07) is 18.7. The molecule has 2 nitrogen and oxygen atoms in total. The molecule has 0 aromatic heterocycles. The van der Waals surface area contributed by atoms with Crippen molar-refractivity contribution >= 4 is 19.7 Å². The van der Waals surface area contributed by atoms with E-state index in [1.54, 1.807) is 24.3 Å². The predicted octanol–water partition coefficient (Wildman–Crippen LogP) is 3.74. The number of rotatable bonds is 6. The van der Waals surface area contributed by atoms with Gasteiger partial charge in [0.15, 0.2) is 0 Å². The van der Waals surface area contributed by atoms with Gasteiger partial charge in [0, 0.05) is 5.75 Å². The van der Waals surface area contributed by atoms with E-state index < -0.39 is 8.87 Å². The first-order chi connectivity index (χ1) is 9.18. The second kappa shape index (κ2) is 6.78. The Hall–Kier alpha value is -1.26. The van der Waals surface area contributed by atoms with Gasteiger partial charge in [-0.1, -0.05) is 48.5 Å². The second-order valence-electron chi connectivity index (χ2n) is 4.18. The van der Waals surface area contributed by atoms with E-state index in [9.17, 15) is 8.42 Å². The Morgan fingerprint density at radius 3 is 2.05 bits per heavy atom. The van der Waals surface area contributed by atoms with Gasteiger partial charge in [0.2, 0.25) is 8.87 Å². The molecule has 0 aliphatic carbocycles. The number of aryl methyl sites for hydroxylation is 1. The van der Waals surface area contributed by atoms with Crippen molar-refractivity contribution in [3.63, 3.8) is 0 Å². The monoisotopic (exact) mass is 292 g/mol. The Bertz CT molecular complexity index is 593. The molecule has 19 heavy (non-hydrogen) atoms. The van der Waals surface area contributed by atoms with Crippen molar-refractivity contribution in [1.82, 2.24) is 0 Å². The fourth-order valence-corrected chi connectivity index (χ4v) is 4.61. The highest BCUT2D eigenvalue weighted by atomic mass is 33.1. The van der Waals surface area contributed by atoms with Crippen LogP contribution in [0.5, 0.6) is 0 Å². The molecule has 0 bridgehead atoms. The van der Waals surface area contributed by atoms with Gasteiger partial charge in [0.1, 0.15) is 0 Å². The molecule has 0 aliphatic rings. The van der Waals surface area contributed by atoms with Crippen LogP contribution in [0.4, 0.5) is 0 Å². The van der Waals surface area contributed by atoms with Crippen molar-refractivity contribution in [2.24, 2.45) is 0 Å². The van der Waals surface area contributed by atoms with E-state index in [0.29, 0.717) is 10.6 Å². The van der Waals surface area contributed by atoms with E-state index in [2.05, 4.69) is 12.1 Å². The van der Waals surface area contributed by atoms with Gasteiger partial charge in [-0.15, -0.1) is 0 Å². The zero-order valence-electron chi connectivity index (χ0n) is 10.5. The van der Waals surface area contributed by atoms with Crippen LogP contribution in [0.3, 0.4) is 0 Å². The summed E-state index contributed by atoms with van der Waals surface area (Å²) in [6.45, 7) is 0. The van der Waals surface area contributed by atoms with E-state index in [1.165, 1.54) is 5.56 Å². The van der Waals surface area contributed by atoms with E-state index in [-0.39, 0.29) is 0 Å². The Morgan fingerprint density at radius 2 is 1.42 bits per heavy atom. The Morgan fingerprint density at radius 1 is 0.842 bits per heavy atom. The molecule has 0 fully saturated rings. The Balaban J connectivity index is 1.83. The zero-order valence-corrected chi connectivity index (χ0v) is 12.2. The fourth-order valence-electron chi connectivity index (χ4n) is 1.74. The molecule has 0 unspecified atom stereocenters. The highest BCUT2D eigenvalue weighted by Gasteiger charge is 2.13. The molecule has 0 aliphatic heterocycles. The van der Waals surface area contributed by atoms with E-state index >= 15 is 0 Å². The third kappa shape index (κ3) is 4.40. The SMILES string of the molecule is O=S(=O)(SCCCc1ccccc1)c1ccccc1. The molecule has 0 radical (unpaired) electrons. The summed E-state index contributed by atoms with van der Waals surface area (Å²) in [4.78, 5) is 0.389. The molecule has 4 heteroatoms. The largest absolute Gasteiger partial charge is 0.229 e. The van der Waals surface area contributed by atoms with Crippen molar-refractivity contribution in [2.45, 2.75) is 17.7 Å². The van der Waals surface area contributed by atoms with Crippen LogP contribution in [-0.2, 0) is 15.3 Å². The van der Waals surface area contributed by atoms with Gasteiger partial charge in [0.05, 0.1) is 4.90 Å². The number of benzene rings is 2. The topological polar surface area (TPSA) is 34.1 Å². The quantitative estimate of drug-likeness (QED) is 0.601. The first-order valence-corrected chi connectivity index (χ1v) is 9.15. The minimum Gasteiger partial charge on any atom is -0.212 e. The van der Waals surface area contributed by atoms with Crippen molar-refractivity contribution in [2.75, 3.05) is 5.75 Å². The lowest BCUT2D eigenvalue weighted by atomic mass is 10.1. The van der Waals surface area contributed by atoms with Gasteiger partial charge in [-0.3, -0.25) is 0 Å². The maximum atomic E-state index is 12.0. The summed E-state index contributed by atoms with van der Waals surface area (Å²) in [5.41, 5.74) is 1.25. The third-order valence-corrected chi connectivity index (χ3v) is 6.35. The summed E-state index contributed by atoms with van der Waals surface area (Å²) in [5, 5.41) is 0. The van der Waals surface area contributed by atoms with Crippen molar-refractivity contribution in [3.05, 3.63) is 66.2 Å². The van der Waals surface area contributed by atoms with Crippen LogP contribution < -0.4 is 0 Å². The molecule has 0 N–H and O–H groups in total. The summed E-state index contributed by atoms with van der Waals surface area (Å²) in [6.07, 6.45) is 1.78. The molecule has 0 amide bonds. The van der Waals surface area contributed by atoms with Crippen LogP contribution in [0.2, 0.25) is 0 Å². The normalized spacial score (nSPS) is 11.4. The third-order valence-electron chi connectivity index (χ3n) is 2.72. The summed E-state index contributed by atoms with van der Waals surface area (Å²) in [5.74, 6) is 0.617. The average molecular weight is 292 g/mol. The zero-order chi connectivity index (χ0) is 13.6. The van der Waals surface area contributed by atoms with Gasteiger partial charge < -0.3 is 0 Å². The van der Waals surface area contributed by atoms with E-state index in [1.807, 2.05) is 24.3 Å². The fraction of sp³-hybridized carbons (Fsp3) is 0.200. The van der Waals surface area contributed by atoms with E-state index in [4.69, 9.17) is 0 Å². The molecule has 2 aromatic carbocycles. The molecule has 2 rings (SSSR count). The maximum absolute atomic E-state index is 12.0. The standard InChI is InChI=1S/C15H16O2S2/c16-19(17,15-11-5-2-6-12-15)18-13-7-10-14-8-3-1-4-9-14/h1-6,8-9,11-12H,7,10,13H2. The first-order valence-electron chi connectivity index (χ1n) is 6.17. The van der Waals surface area contributed by atoms with Gasteiger partial charge in [0.25, 0.3) is 0 Å². The van der Waals surface area contributed by atoms with Crippen LogP contribution in [0, 0.1) is 0 Å². The first kappa shape index (κ1) is 14.2. The molecule has 2 aromatic rings. The van der Waals surface area contributed by atoms with Crippen molar-refractivity contribution < 1.29 is 8.42 Å². The molecule has 0 saturated heterocycles. The van der Waals surface area contributed by atoms with Crippen LogP contribution >= 0.6 is 10.8 Å². The van der Waals surface area contributed by atoms with Crippen LogP contribution in [0.15, 0.2) is 65.6 Å². The summed E-state index contributed by atoms with van der Waals surface area (Å²) >= 11 is 0. The second-order valence-corrected chi connectivity index (χ2v) is 8.23. The van der Waals surface area contributed by atoms with E-state index in [0.717, 1.165) is 23.6 Å². The maximum Gasteiger partial charge on any atom is 0.229 e. The molecular formula is C15H16O2S2. The molecule has 0 saturated carbocycles. The lowest BCUT2D eigenvalue weighted by molar-refractivity contribution is 0.610. The lowest BCUT2D eigenvalue weighted by Crippen LogP contribution is -1.97. The smallest absolute Gasteiger partial charge is 0.212 e. The predicted molar refractivity (Wildman–Crippen MR) is 80.8 cm³/mol. The summed E-state index contributed by atoms with van der Waals surface area (Å²) < 4.78 is 24.0. The van der Waals surface area contributed by atoms with Gasteiger partial charge >= 0.3 is 0 Å². The Kier molecular flexibility index (Phi) is 5.05. The molecule has 0 spiro atoms. The van der Waals surface area contributed by atoms with Crippen molar-refractivity contribution in [1.29, 1.82) is 0 Å². The van der Waals surface area contributed by atoms with Gasteiger partial charge in [-0.2, -0.15) is 0 Å². The molecule has 0 atom stereocenters. The van der Waals surface area contributed by atoms with Crippen LogP contribution in [0.25, 0.3) is 0 Å². The van der Waals surface area contributed by atoms with Crippen LogP contribution in [0.1, 0.15) is 12.0 Å². The van der Waals surface area contributed by atoms with Gasteiger partial charge in [-0.25, -0.2) is 8.42 Å². The molecule has 100 valence electrons. The molecule has 0 heterocycles. The highest BCUT2D eigenvalue weighted by molar-refractivity contribution is 8.72. The highest BCUT2D eigenvalue weighted by Crippen LogP contribution is 2.23. The van der Waals surface area contributed by atoms with Gasteiger partial charge in [-0.05, 0) is 41.3 Å².